The van der Waals surface area contributed by atoms with Gasteiger partial charge in [0.15, 0.2) is 0 Å². The van der Waals surface area contributed by atoms with Crippen molar-refractivity contribution < 1.29 is 4.42 Å². The highest BCUT2D eigenvalue weighted by molar-refractivity contribution is 5.84. The van der Waals surface area contributed by atoms with Gasteiger partial charge in [-0.05, 0) is 51.2 Å². The van der Waals surface area contributed by atoms with Gasteiger partial charge in [-0.3, -0.25) is 0 Å². The second-order valence-electron chi connectivity index (χ2n) is 8.01. The Hall–Kier alpha value is -3.12. The van der Waals surface area contributed by atoms with Crippen molar-refractivity contribution >= 4 is 22.3 Å². The number of nitrogens with zero attached hydrogens (tertiary/aromatic N) is 4. The zero-order valence-corrected chi connectivity index (χ0v) is 16.9. The molecule has 1 atom stereocenters. The molecular formula is C23H24N4O2. The Morgan fingerprint density at radius 2 is 1.97 bits per heavy atom. The van der Waals surface area contributed by atoms with E-state index in [1.807, 2.05) is 54.0 Å². The molecule has 3 aromatic heterocycles. The average Bonchev–Trinajstić information content (AvgIpc) is 3.08. The fourth-order valence-corrected chi connectivity index (χ4v) is 4.06. The van der Waals surface area contributed by atoms with Gasteiger partial charge >= 0.3 is 5.63 Å². The van der Waals surface area contributed by atoms with Crippen LogP contribution in [0.4, 0.5) is 5.69 Å². The topological polar surface area (TPSA) is 54.0 Å². The fraction of sp³-hybridized carbons (Fsp3) is 0.304. The van der Waals surface area contributed by atoms with Crippen LogP contribution in [0, 0.1) is 6.92 Å². The second-order valence-corrected chi connectivity index (χ2v) is 8.01. The van der Waals surface area contributed by atoms with Crippen molar-refractivity contribution in [3.63, 3.8) is 0 Å². The lowest BCUT2D eigenvalue weighted by atomic mass is 10.1. The molecule has 148 valence electrons. The maximum absolute atomic E-state index is 12.7. The highest BCUT2D eigenvalue weighted by Crippen LogP contribution is 2.26. The van der Waals surface area contributed by atoms with E-state index in [9.17, 15) is 4.79 Å². The molecule has 5 rings (SSSR count). The molecule has 1 aliphatic rings. The van der Waals surface area contributed by atoms with Crippen LogP contribution in [0.1, 0.15) is 12.6 Å². The van der Waals surface area contributed by atoms with Crippen LogP contribution in [0.5, 0.6) is 0 Å². The van der Waals surface area contributed by atoms with Gasteiger partial charge in [-0.15, -0.1) is 0 Å². The maximum atomic E-state index is 12.7. The molecule has 1 aliphatic heterocycles. The summed E-state index contributed by atoms with van der Waals surface area (Å²) in [6, 6.07) is 12.4. The van der Waals surface area contributed by atoms with Crippen LogP contribution in [0.25, 0.3) is 27.7 Å². The number of rotatable bonds is 2. The van der Waals surface area contributed by atoms with Gasteiger partial charge in [-0.25, -0.2) is 9.78 Å². The number of anilines is 1. The summed E-state index contributed by atoms with van der Waals surface area (Å²) < 4.78 is 7.66. The van der Waals surface area contributed by atoms with E-state index in [2.05, 4.69) is 34.8 Å². The van der Waals surface area contributed by atoms with Crippen LogP contribution >= 0.6 is 0 Å². The van der Waals surface area contributed by atoms with Crippen LogP contribution < -0.4 is 10.5 Å². The van der Waals surface area contributed by atoms with E-state index in [1.165, 1.54) is 0 Å². The molecule has 29 heavy (non-hydrogen) atoms. The number of piperazine rings is 1. The van der Waals surface area contributed by atoms with Crippen molar-refractivity contribution in [2.24, 2.45) is 0 Å². The Morgan fingerprint density at radius 3 is 2.79 bits per heavy atom. The molecule has 4 aromatic rings. The van der Waals surface area contributed by atoms with Crippen molar-refractivity contribution in [3.8, 4) is 11.1 Å². The summed E-state index contributed by atoms with van der Waals surface area (Å²) in [5.74, 6) is 0. The second kappa shape index (κ2) is 6.74. The summed E-state index contributed by atoms with van der Waals surface area (Å²) in [5.41, 5.74) is 4.60. The molecule has 0 radical (unpaired) electrons. The van der Waals surface area contributed by atoms with Crippen molar-refractivity contribution in [1.29, 1.82) is 0 Å². The average molecular weight is 388 g/mol. The van der Waals surface area contributed by atoms with Crippen molar-refractivity contribution in [3.05, 3.63) is 64.9 Å². The van der Waals surface area contributed by atoms with Gasteiger partial charge in [0.25, 0.3) is 0 Å². The standard InChI is InChI=1S/C23H24N4O2/c1-15-12-27-14-18(5-7-22(27)24-15)20-10-17-4-6-19(11-21(17)29-23(20)28)26-9-8-25(3)16(2)13-26/h4-7,10-12,14,16H,8-9,13H2,1-3H3/t16-/m0/s1. The lowest BCUT2D eigenvalue weighted by Crippen LogP contribution is -2.50. The van der Waals surface area contributed by atoms with Gasteiger partial charge in [0.2, 0.25) is 0 Å². The van der Waals surface area contributed by atoms with E-state index < -0.39 is 0 Å². The van der Waals surface area contributed by atoms with Gasteiger partial charge in [0.1, 0.15) is 11.2 Å². The Balaban J connectivity index is 1.53. The Kier molecular flexibility index (Phi) is 4.17. The molecule has 0 N–H and O–H groups in total. The molecule has 1 saturated heterocycles. The fourth-order valence-electron chi connectivity index (χ4n) is 4.06. The van der Waals surface area contributed by atoms with Gasteiger partial charge < -0.3 is 18.6 Å². The third-order valence-electron chi connectivity index (χ3n) is 5.93. The number of fused-ring (bicyclic) bond motifs is 2. The zero-order chi connectivity index (χ0) is 20.1. The van der Waals surface area contributed by atoms with E-state index in [1.54, 1.807) is 0 Å². The Morgan fingerprint density at radius 1 is 1.10 bits per heavy atom. The molecule has 0 spiro atoms. The van der Waals surface area contributed by atoms with Gasteiger partial charge in [0.05, 0.1) is 11.3 Å². The highest BCUT2D eigenvalue weighted by Gasteiger charge is 2.21. The SMILES string of the molecule is Cc1cn2cc(-c3cc4ccc(N5CCN(C)[C@@H](C)C5)cc4oc3=O)ccc2n1. The molecular weight excluding hydrogens is 364 g/mol. The molecule has 6 heteroatoms. The first-order chi connectivity index (χ1) is 14.0. The molecule has 0 amide bonds. The number of aryl methyl sites for hydroxylation is 1. The molecule has 4 heterocycles. The number of aromatic nitrogens is 2. The number of benzene rings is 1. The van der Waals surface area contributed by atoms with E-state index in [-0.39, 0.29) is 5.63 Å². The number of hydrogen-bond acceptors (Lipinski definition) is 5. The monoisotopic (exact) mass is 388 g/mol. The first kappa shape index (κ1) is 17.9. The molecule has 6 nitrogen and oxygen atoms in total. The quantitative estimate of drug-likeness (QED) is 0.492. The summed E-state index contributed by atoms with van der Waals surface area (Å²) in [5, 5.41) is 0.924. The van der Waals surface area contributed by atoms with Gasteiger partial charge in [-0.1, -0.05) is 0 Å². The largest absolute Gasteiger partial charge is 0.422 e. The lowest BCUT2D eigenvalue weighted by molar-refractivity contribution is 0.234. The molecule has 0 unspecified atom stereocenters. The number of imidazole rings is 1. The third kappa shape index (κ3) is 3.19. The summed E-state index contributed by atoms with van der Waals surface area (Å²) in [6.07, 6.45) is 3.87. The maximum Gasteiger partial charge on any atom is 0.344 e. The number of hydrogen-bond donors (Lipinski definition) is 0. The van der Waals surface area contributed by atoms with Crippen LogP contribution in [0.2, 0.25) is 0 Å². The van der Waals surface area contributed by atoms with E-state index >= 15 is 0 Å². The number of pyridine rings is 1. The van der Waals surface area contributed by atoms with E-state index in [0.29, 0.717) is 17.2 Å². The zero-order valence-electron chi connectivity index (χ0n) is 16.9. The summed E-state index contributed by atoms with van der Waals surface area (Å²) in [4.78, 5) is 21.9. The Labute approximate surface area is 169 Å². The molecule has 1 aromatic carbocycles. The van der Waals surface area contributed by atoms with Gasteiger partial charge in [-0.2, -0.15) is 0 Å². The predicted molar refractivity (Wildman–Crippen MR) is 116 cm³/mol. The highest BCUT2D eigenvalue weighted by atomic mass is 16.4. The van der Waals surface area contributed by atoms with Crippen LogP contribution in [0.15, 0.2) is 58.0 Å². The molecule has 0 aliphatic carbocycles. The van der Waals surface area contributed by atoms with Crippen LogP contribution in [-0.4, -0.2) is 47.0 Å². The first-order valence-corrected chi connectivity index (χ1v) is 9.97. The lowest BCUT2D eigenvalue weighted by Gasteiger charge is -2.39. The predicted octanol–water partition coefficient (Wildman–Crippen LogP) is 3.56. The minimum Gasteiger partial charge on any atom is -0.422 e. The van der Waals surface area contributed by atoms with Crippen molar-refractivity contribution in [2.45, 2.75) is 19.9 Å². The van der Waals surface area contributed by atoms with E-state index in [0.717, 1.165) is 47.6 Å². The first-order valence-electron chi connectivity index (χ1n) is 9.97. The normalized spacial score (nSPS) is 18.0. The van der Waals surface area contributed by atoms with E-state index in [4.69, 9.17) is 4.42 Å². The van der Waals surface area contributed by atoms with Gasteiger partial charge in [0, 0.05) is 60.8 Å². The summed E-state index contributed by atoms with van der Waals surface area (Å²) in [7, 11) is 2.16. The minimum atomic E-state index is -0.322. The van der Waals surface area contributed by atoms with Crippen LogP contribution in [-0.2, 0) is 0 Å². The van der Waals surface area contributed by atoms with Crippen molar-refractivity contribution in [1.82, 2.24) is 14.3 Å². The summed E-state index contributed by atoms with van der Waals surface area (Å²) in [6.45, 7) is 7.15. The van der Waals surface area contributed by atoms with Crippen LogP contribution in [0.3, 0.4) is 0 Å². The molecule has 0 bridgehead atoms. The van der Waals surface area contributed by atoms with Crippen molar-refractivity contribution in [2.75, 3.05) is 31.6 Å². The molecule has 0 saturated carbocycles. The number of likely N-dealkylation sites (N-methyl/N-ethyl adjacent to an activating group) is 1. The molecule has 1 fully saturated rings. The minimum absolute atomic E-state index is 0.322. The third-order valence-corrected chi connectivity index (χ3v) is 5.93. The Bertz CT molecular complexity index is 1270. The smallest absolute Gasteiger partial charge is 0.344 e. The summed E-state index contributed by atoms with van der Waals surface area (Å²) >= 11 is 0.